The highest BCUT2D eigenvalue weighted by Gasteiger charge is 2.31. The van der Waals surface area contributed by atoms with E-state index in [0.29, 0.717) is 6.54 Å². The first kappa shape index (κ1) is 12.5. The summed E-state index contributed by atoms with van der Waals surface area (Å²) in [6.45, 7) is 6.47. The highest BCUT2D eigenvalue weighted by atomic mass is 16.6. The molecule has 6 heteroatoms. The van der Waals surface area contributed by atoms with Crippen molar-refractivity contribution in [3.8, 4) is 0 Å². The summed E-state index contributed by atoms with van der Waals surface area (Å²) in [5.41, 5.74) is -0.138. The molecule has 0 saturated carbocycles. The maximum absolute atomic E-state index is 11.6. The molecule has 1 unspecified atom stereocenters. The Kier molecular flexibility index (Phi) is 3.51. The molecule has 16 heavy (non-hydrogen) atoms. The molecule has 1 atom stereocenters. The molecule has 0 spiro atoms. The quantitative estimate of drug-likeness (QED) is 0.730. The van der Waals surface area contributed by atoms with Gasteiger partial charge >= 0.3 is 5.97 Å². The zero-order valence-corrected chi connectivity index (χ0v) is 9.61. The lowest BCUT2D eigenvalue weighted by Gasteiger charge is -2.19. The number of oxime groups is 1. The third-order valence-electron chi connectivity index (χ3n) is 2.00. The molecule has 6 nitrogen and oxygen atoms in total. The number of carboxylic acid groups (broad SMARTS) is 1. The number of hydrogen-bond acceptors (Lipinski definition) is 4. The van der Waals surface area contributed by atoms with Crippen molar-refractivity contribution in [3.63, 3.8) is 0 Å². The molecule has 2 N–H and O–H groups in total. The van der Waals surface area contributed by atoms with Gasteiger partial charge in [-0.05, 0) is 5.41 Å². The van der Waals surface area contributed by atoms with Crippen molar-refractivity contribution in [2.45, 2.75) is 33.3 Å². The molecular weight excluding hydrogens is 212 g/mol. The summed E-state index contributed by atoms with van der Waals surface area (Å²) in [5, 5.41) is 14.7. The lowest BCUT2D eigenvalue weighted by atomic mass is 9.97. The minimum atomic E-state index is -1.15. The third-order valence-corrected chi connectivity index (χ3v) is 2.00. The van der Waals surface area contributed by atoms with Crippen LogP contribution in [-0.4, -0.2) is 35.3 Å². The number of carbonyl (C=O) groups is 2. The van der Waals surface area contributed by atoms with Crippen LogP contribution in [0.25, 0.3) is 0 Å². The van der Waals surface area contributed by atoms with E-state index in [1.165, 1.54) is 0 Å². The van der Waals surface area contributed by atoms with Crippen molar-refractivity contribution in [2.75, 3.05) is 6.54 Å². The van der Waals surface area contributed by atoms with Gasteiger partial charge in [-0.3, -0.25) is 4.79 Å². The second kappa shape index (κ2) is 4.51. The Hall–Kier alpha value is -1.59. The monoisotopic (exact) mass is 228 g/mol. The van der Waals surface area contributed by atoms with Gasteiger partial charge in [-0.25, -0.2) is 4.79 Å². The number of nitrogens with one attached hydrogen (secondary N) is 1. The van der Waals surface area contributed by atoms with Crippen LogP contribution >= 0.6 is 0 Å². The Balaban J connectivity index is 2.39. The van der Waals surface area contributed by atoms with Crippen molar-refractivity contribution < 1.29 is 19.5 Å². The van der Waals surface area contributed by atoms with E-state index in [4.69, 9.17) is 9.94 Å². The molecule has 0 aromatic rings. The van der Waals surface area contributed by atoms with Crippen LogP contribution in [0.5, 0.6) is 0 Å². The number of rotatable bonds is 3. The summed E-state index contributed by atoms with van der Waals surface area (Å²) in [5.74, 6) is -1.47. The van der Waals surface area contributed by atoms with E-state index < -0.39 is 12.1 Å². The molecule has 1 heterocycles. The lowest BCUT2D eigenvalue weighted by molar-refractivity contribution is -0.131. The van der Waals surface area contributed by atoms with Gasteiger partial charge in [0.1, 0.15) is 0 Å². The molecule has 0 radical (unpaired) electrons. The fourth-order valence-electron chi connectivity index (χ4n) is 1.11. The average Bonchev–Trinajstić information content (AvgIpc) is 2.61. The van der Waals surface area contributed by atoms with Crippen molar-refractivity contribution in [1.29, 1.82) is 0 Å². The minimum Gasteiger partial charge on any atom is -0.477 e. The highest BCUT2D eigenvalue weighted by Crippen LogP contribution is 2.13. The van der Waals surface area contributed by atoms with Crippen LogP contribution in [0.4, 0.5) is 0 Å². The molecule has 90 valence electrons. The summed E-state index contributed by atoms with van der Waals surface area (Å²) >= 11 is 0. The zero-order valence-electron chi connectivity index (χ0n) is 9.61. The van der Waals surface area contributed by atoms with E-state index >= 15 is 0 Å². The van der Waals surface area contributed by atoms with Crippen molar-refractivity contribution in [3.05, 3.63) is 0 Å². The fraction of sp³-hybridized carbons (Fsp3) is 0.700. The number of carbonyl (C=O) groups excluding carboxylic acids is 1. The standard InChI is InChI=1S/C10H16N2O4/c1-10(2,3)5-11-8(13)7-4-6(9(14)15)12-16-7/h7H,4-5H2,1-3H3,(H,11,13)(H,14,15). The van der Waals surface area contributed by atoms with Gasteiger partial charge in [-0.1, -0.05) is 25.9 Å². The van der Waals surface area contributed by atoms with Gasteiger partial charge in [0, 0.05) is 13.0 Å². The van der Waals surface area contributed by atoms with Gasteiger partial charge in [-0.2, -0.15) is 0 Å². The summed E-state index contributed by atoms with van der Waals surface area (Å²) in [6, 6.07) is 0. The van der Waals surface area contributed by atoms with Gasteiger partial charge in [0.2, 0.25) is 6.10 Å². The Bertz CT molecular complexity index is 330. The summed E-state index contributed by atoms with van der Waals surface area (Å²) in [4.78, 5) is 26.9. The number of carboxylic acids is 1. The molecule has 1 aliphatic heterocycles. The average molecular weight is 228 g/mol. The van der Waals surface area contributed by atoms with Gasteiger partial charge in [0.15, 0.2) is 5.71 Å². The molecule has 0 aromatic carbocycles. The highest BCUT2D eigenvalue weighted by molar-refractivity contribution is 6.36. The largest absolute Gasteiger partial charge is 0.477 e. The number of aliphatic carboxylic acids is 1. The first-order valence-electron chi connectivity index (χ1n) is 5.03. The van der Waals surface area contributed by atoms with E-state index in [-0.39, 0.29) is 23.5 Å². The van der Waals surface area contributed by atoms with Gasteiger partial charge in [0.05, 0.1) is 0 Å². The second-order valence-electron chi connectivity index (χ2n) is 4.92. The first-order chi connectivity index (χ1) is 7.29. The topological polar surface area (TPSA) is 88.0 Å². The minimum absolute atomic E-state index is 0.0192. The Morgan fingerprint density at radius 3 is 2.62 bits per heavy atom. The van der Waals surface area contributed by atoms with E-state index in [9.17, 15) is 9.59 Å². The molecular formula is C10H16N2O4. The van der Waals surface area contributed by atoms with Crippen LogP contribution in [0.3, 0.4) is 0 Å². The Morgan fingerprint density at radius 2 is 2.19 bits per heavy atom. The SMILES string of the molecule is CC(C)(C)CNC(=O)C1CC(C(=O)O)=NO1. The Morgan fingerprint density at radius 1 is 1.56 bits per heavy atom. The van der Waals surface area contributed by atoms with Crippen LogP contribution in [0, 0.1) is 5.41 Å². The maximum atomic E-state index is 11.6. The van der Waals surface area contributed by atoms with Crippen molar-refractivity contribution >= 4 is 17.6 Å². The van der Waals surface area contributed by atoms with Crippen molar-refractivity contribution in [1.82, 2.24) is 5.32 Å². The van der Waals surface area contributed by atoms with Crippen LogP contribution in [0.1, 0.15) is 27.2 Å². The maximum Gasteiger partial charge on any atom is 0.353 e. The number of amides is 1. The molecule has 1 rings (SSSR count). The summed E-state index contributed by atoms with van der Waals surface area (Å²) in [7, 11) is 0. The molecule has 0 saturated heterocycles. The molecule has 1 amide bonds. The molecule has 0 fully saturated rings. The normalized spacial score (nSPS) is 19.9. The lowest BCUT2D eigenvalue weighted by Crippen LogP contribution is -2.39. The second-order valence-corrected chi connectivity index (χ2v) is 4.92. The fourth-order valence-corrected chi connectivity index (χ4v) is 1.11. The van der Waals surface area contributed by atoms with Gasteiger partial charge < -0.3 is 15.3 Å². The van der Waals surface area contributed by atoms with Crippen LogP contribution in [0.2, 0.25) is 0 Å². The van der Waals surface area contributed by atoms with Crippen LogP contribution < -0.4 is 5.32 Å². The summed E-state index contributed by atoms with van der Waals surface area (Å²) in [6.07, 6.45) is -0.792. The Labute approximate surface area is 93.6 Å². The zero-order chi connectivity index (χ0) is 12.3. The first-order valence-corrected chi connectivity index (χ1v) is 5.03. The van der Waals surface area contributed by atoms with Gasteiger partial charge in [-0.15, -0.1) is 0 Å². The summed E-state index contributed by atoms with van der Waals surface area (Å²) < 4.78 is 0. The predicted molar refractivity (Wildman–Crippen MR) is 57.0 cm³/mol. The van der Waals surface area contributed by atoms with E-state index in [1.807, 2.05) is 20.8 Å². The van der Waals surface area contributed by atoms with E-state index in [0.717, 1.165) is 0 Å². The number of hydrogen-bond donors (Lipinski definition) is 2. The molecule has 0 aromatic heterocycles. The van der Waals surface area contributed by atoms with Crippen LogP contribution in [0.15, 0.2) is 5.16 Å². The number of nitrogens with zero attached hydrogens (tertiary/aromatic N) is 1. The smallest absolute Gasteiger partial charge is 0.353 e. The predicted octanol–water partition coefficient (Wildman–Crippen LogP) is 0.378. The third kappa shape index (κ3) is 3.52. The van der Waals surface area contributed by atoms with E-state index in [1.54, 1.807) is 0 Å². The van der Waals surface area contributed by atoms with Crippen molar-refractivity contribution in [2.24, 2.45) is 10.6 Å². The van der Waals surface area contributed by atoms with E-state index in [2.05, 4.69) is 10.5 Å². The molecule has 0 aliphatic carbocycles. The molecule has 0 bridgehead atoms. The van der Waals surface area contributed by atoms with Crippen LogP contribution in [-0.2, 0) is 14.4 Å². The molecule has 1 aliphatic rings. The van der Waals surface area contributed by atoms with Gasteiger partial charge in [0.25, 0.3) is 5.91 Å².